The first-order valence-corrected chi connectivity index (χ1v) is 11.1. The molecule has 32 heavy (non-hydrogen) atoms. The van der Waals surface area contributed by atoms with E-state index in [1.54, 1.807) is 0 Å². The summed E-state index contributed by atoms with van der Waals surface area (Å²) in [5.41, 5.74) is 0.949. The van der Waals surface area contributed by atoms with E-state index in [0.29, 0.717) is 31.2 Å². The number of anilines is 1. The summed E-state index contributed by atoms with van der Waals surface area (Å²) in [6.45, 7) is 1.74. The molecule has 1 unspecified atom stereocenters. The smallest absolute Gasteiger partial charge is 0.271 e. The summed E-state index contributed by atoms with van der Waals surface area (Å²) in [4.78, 5) is 29.8. The number of likely N-dealkylation sites (tertiary alicyclic amines) is 1. The predicted octanol–water partition coefficient (Wildman–Crippen LogP) is 4.91. The van der Waals surface area contributed by atoms with Crippen LogP contribution in [0.3, 0.4) is 0 Å². The first kappa shape index (κ1) is 22.4. The number of piperidine rings is 1. The molecule has 11 heteroatoms. The molecule has 0 saturated carbocycles. The van der Waals surface area contributed by atoms with Crippen LogP contribution in [0.25, 0.3) is 11.4 Å². The van der Waals surface area contributed by atoms with Crippen molar-refractivity contribution >= 4 is 44.8 Å². The van der Waals surface area contributed by atoms with Crippen molar-refractivity contribution in [1.29, 1.82) is 0 Å². The highest BCUT2D eigenvalue weighted by molar-refractivity contribution is 9.10. The lowest BCUT2D eigenvalue weighted by Crippen LogP contribution is -2.40. The Kier molecular flexibility index (Phi) is 6.83. The summed E-state index contributed by atoms with van der Waals surface area (Å²) >= 11 is 9.54. The Balaban J connectivity index is 1.39. The Morgan fingerprint density at radius 1 is 1.34 bits per heavy atom. The summed E-state index contributed by atoms with van der Waals surface area (Å²) in [6, 6.07) is 11.6. The van der Waals surface area contributed by atoms with Gasteiger partial charge in [0.1, 0.15) is 0 Å². The number of hydrogen-bond donors (Lipinski definition) is 1. The van der Waals surface area contributed by atoms with Crippen molar-refractivity contribution in [2.45, 2.75) is 19.4 Å². The molecule has 3 aromatic rings. The molecule has 0 radical (unpaired) electrons. The normalized spacial score (nSPS) is 16.6. The standard InChI is InChI=1S/C21H19BrClN5O4/c22-15-5-1-3-13(9-15)20-25-19(32-26-20)12-27-8-2-4-14(11-27)21(29)24-18-10-16(28(30)31)6-7-17(18)23/h1,3,5-7,9-10,14H,2,4,8,11-12H2,(H,24,29). The van der Waals surface area contributed by atoms with Gasteiger partial charge in [0.15, 0.2) is 0 Å². The van der Waals surface area contributed by atoms with Crippen molar-refractivity contribution < 1.29 is 14.2 Å². The summed E-state index contributed by atoms with van der Waals surface area (Å²) in [5.74, 6) is 0.472. The first-order valence-electron chi connectivity index (χ1n) is 9.95. The molecule has 1 atom stereocenters. The van der Waals surface area contributed by atoms with Gasteiger partial charge < -0.3 is 9.84 Å². The number of nitrogens with one attached hydrogen (secondary N) is 1. The lowest BCUT2D eigenvalue weighted by molar-refractivity contribution is -0.384. The minimum atomic E-state index is -0.527. The first-order chi connectivity index (χ1) is 15.4. The second-order valence-corrected chi connectivity index (χ2v) is 8.83. The van der Waals surface area contributed by atoms with Gasteiger partial charge in [0.25, 0.3) is 5.69 Å². The molecular weight excluding hydrogens is 502 g/mol. The minimum Gasteiger partial charge on any atom is -0.338 e. The van der Waals surface area contributed by atoms with Crippen molar-refractivity contribution in [3.05, 3.63) is 68.0 Å². The molecule has 9 nitrogen and oxygen atoms in total. The lowest BCUT2D eigenvalue weighted by atomic mass is 9.97. The molecule has 0 aliphatic carbocycles. The van der Waals surface area contributed by atoms with Crippen LogP contribution in [-0.2, 0) is 11.3 Å². The molecule has 1 N–H and O–H groups in total. The zero-order valence-electron chi connectivity index (χ0n) is 16.8. The van der Waals surface area contributed by atoms with Gasteiger partial charge in [-0.2, -0.15) is 4.98 Å². The number of rotatable bonds is 6. The van der Waals surface area contributed by atoms with E-state index < -0.39 is 4.92 Å². The average Bonchev–Trinajstić information content (AvgIpc) is 3.24. The topological polar surface area (TPSA) is 114 Å². The average molecular weight is 521 g/mol. The van der Waals surface area contributed by atoms with Crippen molar-refractivity contribution in [1.82, 2.24) is 15.0 Å². The van der Waals surface area contributed by atoms with Crippen molar-refractivity contribution in [2.24, 2.45) is 5.92 Å². The highest BCUT2D eigenvalue weighted by Crippen LogP contribution is 2.28. The Morgan fingerprint density at radius 2 is 2.19 bits per heavy atom. The fourth-order valence-electron chi connectivity index (χ4n) is 3.63. The third-order valence-electron chi connectivity index (χ3n) is 5.20. The minimum absolute atomic E-state index is 0.132. The molecule has 1 amide bonds. The van der Waals surface area contributed by atoms with Crippen LogP contribution in [0.5, 0.6) is 0 Å². The second kappa shape index (κ2) is 9.76. The Morgan fingerprint density at radius 3 is 2.97 bits per heavy atom. The zero-order valence-corrected chi connectivity index (χ0v) is 19.2. The molecule has 1 aliphatic heterocycles. The summed E-state index contributed by atoms with van der Waals surface area (Å²) in [7, 11) is 0. The van der Waals surface area contributed by atoms with Gasteiger partial charge >= 0.3 is 0 Å². The van der Waals surface area contributed by atoms with E-state index in [1.165, 1.54) is 18.2 Å². The molecule has 166 valence electrons. The van der Waals surface area contributed by atoms with Gasteiger partial charge in [0.2, 0.25) is 17.6 Å². The SMILES string of the molecule is O=C(Nc1cc([N+](=O)[O-])ccc1Cl)C1CCCN(Cc2nc(-c3cccc(Br)c3)no2)C1. The Labute approximate surface area is 197 Å². The molecule has 2 aromatic carbocycles. The molecule has 4 rings (SSSR count). The van der Waals surface area contributed by atoms with Gasteiger partial charge in [-0.15, -0.1) is 0 Å². The zero-order chi connectivity index (χ0) is 22.7. The Hall–Kier alpha value is -2.82. The van der Waals surface area contributed by atoms with Crippen LogP contribution < -0.4 is 5.32 Å². The van der Waals surface area contributed by atoms with E-state index in [4.69, 9.17) is 16.1 Å². The molecule has 2 heterocycles. The predicted molar refractivity (Wildman–Crippen MR) is 122 cm³/mol. The summed E-state index contributed by atoms with van der Waals surface area (Å²) in [5, 5.41) is 18.0. The highest BCUT2D eigenvalue weighted by atomic mass is 79.9. The number of halogens is 2. The fraction of sp³-hybridized carbons (Fsp3) is 0.286. The van der Waals surface area contributed by atoms with Crippen LogP contribution in [-0.4, -0.2) is 39.0 Å². The third-order valence-corrected chi connectivity index (χ3v) is 6.03. The second-order valence-electron chi connectivity index (χ2n) is 7.51. The van der Waals surface area contributed by atoms with Crippen LogP contribution in [0.15, 0.2) is 51.5 Å². The maximum atomic E-state index is 12.8. The third kappa shape index (κ3) is 5.32. The molecule has 0 bridgehead atoms. The van der Waals surface area contributed by atoms with Crippen molar-refractivity contribution in [2.75, 3.05) is 18.4 Å². The molecule has 1 saturated heterocycles. The van der Waals surface area contributed by atoms with Crippen molar-refractivity contribution in [3.8, 4) is 11.4 Å². The summed E-state index contributed by atoms with van der Waals surface area (Å²) < 4.78 is 6.33. The molecule has 0 spiro atoms. The number of non-ortho nitro benzene ring substituents is 1. The number of nitro benzene ring substituents is 1. The van der Waals surface area contributed by atoms with Gasteiger partial charge in [0.05, 0.1) is 28.1 Å². The number of benzene rings is 2. The van der Waals surface area contributed by atoms with Gasteiger partial charge in [-0.25, -0.2) is 0 Å². The highest BCUT2D eigenvalue weighted by Gasteiger charge is 2.27. The molecule has 1 aromatic heterocycles. The van der Waals surface area contributed by atoms with Crippen molar-refractivity contribution in [3.63, 3.8) is 0 Å². The van der Waals surface area contributed by atoms with E-state index >= 15 is 0 Å². The van der Waals surface area contributed by atoms with Crippen LogP contribution in [0.4, 0.5) is 11.4 Å². The molecule has 1 fully saturated rings. The van der Waals surface area contributed by atoms with Crippen LogP contribution in [0.1, 0.15) is 18.7 Å². The number of carbonyl (C=O) groups excluding carboxylic acids is 1. The fourth-order valence-corrected chi connectivity index (χ4v) is 4.19. The number of nitro groups is 1. The monoisotopic (exact) mass is 519 g/mol. The maximum Gasteiger partial charge on any atom is 0.271 e. The van der Waals surface area contributed by atoms with E-state index in [2.05, 4.69) is 36.3 Å². The van der Waals surface area contributed by atoms with E-state index in [9.17, 15) is 14.9 Å². The van der Waals surface area contributed by atoms with E-state index in [1.807, 2.05) is 24.3 Å². The molecular formula is C21H19BrClN5O4. The number of amides is 1. The number of nitrogens with zero attached hydrogens (tertiary/aromatic N) is 4. The van der Waals surface area contributed by atoms with Gasteiger partial charge in [0, 0.05) is 28.7 Å². The quantitative estimate of drug-likeness (QED) is 0.363. The van der Waals surface area contributed by atoms with Gasteiger partial charge in [-0.1, -0.05) is 44.8 Å². The number of aromatic nitrogens is 2. The van der Waals surface area contributed by atoms with Crippen LogP contribution >= 0.6 is 27.5 Å². The maximum absolute atomic E-state index is 12.8. The number of hydrogen-bond acceptors (Lipinski definition) is 7. The van der Waals surface area contributed by atoms with E-state index in [-0.39, 0.29) is 28.2 Å². The largest absolute Gasteiger partial charge is 0.338 e. The Bertz CT molecular complexity index is 1150. The van der Waals surface area contributed by atoms with Crippen LogP contribution in [0, 0.1) is 16.0 Å². The van der Waals surface area contributed by atoms with Crippen LogP contribution in [0.2, 0.25) is 5.02 Å². The van der Waals surface area contributed by atoms with Gasteiger partial charge in [-0.05, 0) is 37.6 Å². The van der Waals surface area contributed by atoms with Gasteiger partial charge in [-0.3, -0.25) is 19.8 Å². The molecule has 1 aliphatic rings. The summed E-state index contributed by atoms with van der Waals surface area (Å²) in [6.07, 6.45) is 1.54. The number of carbonyl (C=O) groups is 1. The lowest BCUT2D eigenvalue weighted by Gasteiger charge is -2.30. The van der Waals surface area contributed by atoms with E-state index in [0.717, 1.165) is 23.0 Å².